The highest BCUT2D eigenvalue weighted by Crippen LogP contribution is 2.59. The van der Waals surface area contributed by atoms with Crippen LogP contribution in [-0.2, 0) is 0 Å². The first-order valence-electron chi connectivity index (χ1n) is 7.43. The van der Waals surface area contributed by atoms with Crippen LogP contribution in [0, 0.1) is 30.6 Å². The van der Waals surface area contributed by atoms with Crippen molar-refractivity contribution in [3.05, 3.63) is 23.2 Å². The molecule has 0 amide bonds. The van der Waals surface area contributed by atoms with E-state index in [0.29, 0.717) is 11.7 Å². The highest BCUT2D eigenvalue weighted by Gasteiger charge is 2.49. The molecular weight excluding hydrogens is 240 g/mol. The van der Waals surface area contributed by atoms with Crippen LogP contribution in [0.4, 0.5) is 0 Å². The fourth-order valence-electron chi connectivity index (χ4n) is 5.26. The average Bonchev–Trinajstić information content (AvgIpc) is 2.69. The number of carbonyl (C=O) groups excluding carboxylic acids is 1. The molecule has 3 heteroatoms. The van der Waals surface area contributed by atoms with E-state index in [4.69, 9.17) is 4.42 Å². The topological polar surface area (TPSA) is 53.3 Å². The fraction of sp³-hybridized carbons (Fsp3) is 0.688. The second kappa shape index (κ2) is 3.87. The lowest BCUT2D eigenvalue weighted by molar-refractivity contribution is -0.255. The molecule has 1 heterocycles. The summed E-state index contributed by atoms with van der Waals surface area (Å²) in [4.78, 5) is 11.1. The van der Waals surface area contributed by atoms with Gasteiger partial charge in [-0.15, -0.1) is 0 Å². The summed E-state index contributed by atoms with van der Waals surface area (Å²) >= 11 is 0. The summed E-state index contributed by atoms with van der Waals surface area (Å²) in [5.74, 6) is 4.05. The van der Waals surface area contributed by atoms with Crippen molar-refractivity contribution in [1.29, 1.82) is 0 Å². The van der Waals surface area contributed by atoms with Crippen LogP contribution in [0.2, 0.25) is 0 Å². The Morgan fingerprint density at radius 1 is 1.16 bits per heavy atom. The van der Waals surface area contributed by atoms with Crippen molar-refractivity contribution >= 4 is 5.97 Å². The van der Waals surface area contributed by atoms with Gasteiger partial charge in [0.2, 0.25) is 0 Å². The Morgan fingerprint density at radius 3 is 2.21 bits per heavy atom. The maximum absolute atomic E-state index is 11.1. The standard InChI is InChI=1S/C16H20O3/c1-8-13(16(17)18)7-14(19-8)15-11-3-9-2-10(5-11)6-12(15)4-9/h7,9-12,15H,2-6H2,1H3,(H,17,18)/p-1. The van der Waals surface area contributed by atoms with E-state index in [1.54, 1.807) is 13.0 Å². The Labute approximate surface area is 113 Å². The average molecular weight is 259 g/mol. The predicted molar refractivity (Wildman–Crippen MR) is 67.6 cm³/mol. The van der Waals surface area contributed by atoms with E-state index in [1.165, 1.54) is 32.1 Å². The number of carboxylic acid groups (broad SMARTS) is 1. The zero-order chi connectivity index (χ0) is 13.1. The normalized spacial score (nSPS) is 39.7. The summed E-state index contributed by atoms with van der Waals surface area (Å²) in [5.41, 5.74) is 0.240. The molecule has 0 saturated heterocycles. The molecule has 4 fully saturated rings. The van der Waals surface area contributed by atoms with Gasteiger partial charge in [0.15, 0.2) is 0 Å². The number of furan rings is 1. The minimum Gasteiger partial charge on any atom is -0.545 e. The third-order valence-corrected chi connectivity index (χ3v) is 5.71. The van der Waals surface area contributed by atoms with E-state index in [0.717, 1.165) is 29.4 Å². The molecule has 4 bridgehead atoms. The summed E-state index contributed by atoms with van der Waals surface area (Å²) < 4.78 is 5.78. The van der Waals surface area contributed by atoms with Gasteiger partial charge < -0.3 is 14.3 Å². The van der Waals surface area contributed by atoms with Gasteiger partial charge in [-0.05, 0) is 68.8 Å². The first-order valence-corrected chi connectivity index (χ1v) is 7.43. The van der Waals surface area contributed by atoms with E-state index in [9.17, 15) is 9.90 Å². The molecule has 19 heavy (non-hydrogen) atoms. The van der Waals surface area contributed by atoms with Crippen molar-refractivity contribution in [1.82, 2.24) is 0 Å². The van der Waals surface area contributed by atoms with Gasteiger partial charge >= 0.3 is 0 Å². The van der Waals surface area contributed by atoms with Crippen LogP contribution < -0.4 is 5.11 Å². The van der Waals surface area contributed by atoms with Crippen molar-refractivity contribution < 1.29 is 14.3 Å². The molecule has 0 aliphatic heterocycles. The van der Waals surface area contributed by atoms with Gasteiger partial charge in [-0.3, -0.25) is 0 Å². The molecule has 4 saturated carbocycles. The molecule has 5 rings (SSSR count). The number of carboxylic acids is 1. The molecule has 4 aliphatic rings. The number of hydrogen-bond acceptors (Lipinski definition) is 3. The van der Waals surface area contributed by atoms with Gasteiger partial charge in [0.25, 0.3) is 0 Å². The summed E-state index contributed by atoms with van der Waals surface area (Å²) in [7, 11) is 0. The van der Waals surface area contributed by atoms with E-state index in [2.05, 4.69) is 0 Å². The summed E-state index contributed by atoms with van der Waals surface area (Å²) in [6.07, 6.45) is 6.70. The van der Waals surface area contributed by atoms with Gasteiger partial charge in [-0.2, -0.15) is 0 Å². The third-order valence-electron chi connectivity index (χ3n) is 5.71. The zero-order valence-electron chi connectivity index (χ0n) is 11.2. The zero-order valence-corrected chi connectivity index (χ0v) is 11.2. The smallest absolute Gasteiger partial charge is 0.110 e. The van der Waals surface area contributed by atoms with Crippen LogP contribution in [-0.4, -0.2) is 5.97 Å². The second-order valence-corrected chi connectivity index (χ2v) is 6.86. The van der Waals surface area contributed by atoms with E-state index >= 15 is 0 Å². The number of rotatable bonds is 2. The molecule has 0 atom stereocenters. The second-order valence-electron chi connectivity index (χ2n) is 6.86. The molecule has 4 aliphatic carbocycles. The Morgan fingerprint density at radius 2 is 1.74 bits per heavy atom. The van der Waals surface area contributed by atoms with Crippen LogP contribution in [0.5, 0.6) is 0 Å². The maximum atomic E-state index is 11.1. The molecule has 1 aromatic heterocycles. The van der Waals surface area contributed by atoms with Crippen LogP contribution in [0.15, 0.2) is 10.5 Å². The molecule has 0 N–H and O–H groups in total. The Bertz CT molecular complexity index is 500. The lowest BCUT2D eigenvalue weighted by atomic mass is 9.51. The number of aryl methyl sites for hydroxylation is 1. The monoisotopic (exact) mass is 259 g/mol. The van der Waals surface area contributed by atoms with E-state index in [1.807, 2.05) is 0 Å². The van der Waals surface area contributed by atoms with Crippen molar-refractivity contribution in [3.63, 3.8) is 0 Å². The Kier molecular flexibility index (Phi) is 2.36. The molecule has 0 unspecified atom stereocenters. The molecule has 0 spiro atoms. The van der Waals surface area contributed by atoms with Crippen LogP contribution in [0.1, 0.15) is 59.9 Å². The largest absolute Gasteiger partial charge is 0.545 e. The maximum Gasteiger partial charge on any atom is 0.110 e. The van der Waals surface area contributed by atoms with E-state index < -0.39 is 5.97 Å². The lowest BCUT2D eigenvalue weighted by Gasteiger charge is -2.53. The highest BCUT2D eigenvalue weighted by molar-refractivity contribution is 5.87. The molecular formula is C16H19O3-. The van der Waals surface area contributed by atoms with Crippen molar-refractivity contribution in [3.8, 4) is 0 Å². The van der Waals surface area contributed by atoms with Crippen molar-refractivity contribution in [2.24, 2.45) is 23.7 Å². The summed E-state index contributed by atoms with van der Waals surface area (Å²) in [6.45, 7) is 1.73. The first kappa shape index (κ1) is 11.6. The molecule has 0 radical (unpaired) electrons. The van der Waals surface area contributed by atoms with Crippen molar-refractivity contribution in [2.45, 2.75) is 44.9 Å². The minimum absolute atomic E-state index is 0.240. The summed E-state index contributed by atoms with van der Waals surface area (Å²) in [6, 6.07) is 1.73. The quantitative estimate of drug-likeness (QED) is 0.820. The van der Waals surface area contributed by atoms with Gasteiger partial charge in [-0.25, -0.2) is 0 Å². The lowest BCUT2D eigenvalue weighted by Crippen LogP contribution is -2.43. The Balaban J connectivity index is 1.69. The predicted octanol–water partition coefficient (Wildman–Crippen LogP) is 2.49. The molecule has 3 nitrogen and oxygen atoms in total. The van der Waals surface area contributed by atoms with Crippen LogP contribution >= 0.6 is 0 Å². The van der Waals surface area contributed by atoms with E-state index in [-0.39, 0.29) is 5.56 Å². The Hall–Kier alpha value is -1.25. The van der Waals surface area contributed by atoms with Gasteiger partial charge in [0.1, 0.15) is 11.5 Å². The number of hydrogen-bond donors (Lipinski definition) is 0. The minimum atomic E-state index is -1.11. The molecule has 1 aromatic rings. The number of carbonyl (C=O) groups is 1. The van der Waals surface area contributed by atoms with Gasteiger partial charge in [-0.1, -0.05) is 0 Å². The van der Waals surface area contributed by atoms with Crippen LogP contribution in [0.25, 0.3) is 0 Å². The fourth-order valence-corrected chi connectivity index (χ4v) is 5.26. The van der Waals surface area contributed by atoms with Crippen LogP contribution in [0.3, 0.4) is 0 Å². The molecule has 102 valence electrons. The van der Waals surface area contributed by atoms with Gasteiger partial charge in [0.05, 0.1) is 5.97 Å². The highest BCUT2D eigenvalue weighted by atomic mass is 16.4. The first-order chi connectivity index (χ1) is 9.11. The third kappa shape index (κ3) is 1.67. The molecule has 0 aromatic carbocycles. The van der Waals surface area contributed by atoms with Gasteiger partial charge in [0, 0.05) is 11.5 Å². The SMILES string of the molecule is Cc1oc(C2C3CC4CC(C3)CC2C4)cc1C(=O)[O-]. The summed E-state index contributed by atoms with van der Waals surface area (Å²) in [5, 5.41) is 11.1. The van der Waals surface area contributed by atoms with Crippen molar-refractivity contribution in [2.75, 3.05) is 0 Å². The number of aromatic carboxylic acids is 1.